The Morgan fingerprint density at radius 3 is 2.24 bits per heavy atom. The van der Waals surface area contributed by atoms with Crippen molar-refractivity contribution >= 4 is 21.6 Å². The highest BCUT2D eigenvalue weighted by Crippen LogP contribution is 2.33. The van der Waals surface area contributed by atoms with E-state index in [-0.39, 0.29) is 11.8 Å². The quantitative estimate of drug-likeness (QED) is 0.774. The zero-order chi connectivity index (χ0) is 20.8. The maximum absolute atomic E-state index is 13.3. The Hall–Kier alpha value is -2.18. The van der Waals surface area contributed by atoms with Crippen molar-refractivity contribution in [2.75, 3.05) is 24.5 Å². The topological polar surface area (TPSA) is 57.7 Å². The van der Waals surface area contributed by atoms with E-state index >= 15 is 0 Å². The smallest absolute Gasteiger partial charge is 0.243 e. The van der Waals surface area contributed by atoms with Crippen LogP contribution in [0.4, 0.5) is 5.69 Å². The van der Waals surface area contributed by atoms with Crippen LogP contribution in [0.5, 0.6) is 0 Å². The maximum atomic E-state index is 13.3. The molecule has 0 bridgehead atoms. The lowest BCUT2D eigenvalue weighted by Crippen LogP contribution is -2.44. The molecule has 0 atom stereocenters. The van der Waals surface area contributed by atoms with Crippen LogP contribution in [-0.4, -0.2) is 38.3 Å². The molecule has 6 heteroatoms. The molecule has 2 aromatic carbocycles. The first-order valence-electron chi connectivity index (χ1n) is 10.3. The van der Waals surface area contributed by atoms with Gasteiger partial charge in [0.05, 0.1) is 4.90 Å². The first-order valence-corrected chi connectivity index (χ1v) is 11.7. The molecule has 2 aliphatic heterocycles. The number of anilines is 1. The summed E-state index contributed by atoms with van der Waals surface area (Å²) < 4.78 is 28.1. The van der Waals surface area contributed by atoms with Crippen molar-refractivity contribution in [3.05, 3.63) is 58.7 Å². The lowest BCUT2D eigenvalue weighted by atomic mass is 9.96. The second-order valence-electron chi connectivity index (χ2n) is 8.27. The second-order valence-corrected chi connectivity index (χ2v) is 10.1. The van der Waals surface area contributed by atoms with Gasteiger partial charge < -0.3 is 4.90 Å². The van der Waals surface area contributed by atoms with Crippen LogP contribution in [0.15, 0.2) is 41.3 Å². The molecule has 154 valence electrons. The fourth-order valence-electron chi connectivity index (χ4n) is 4.83. The third-order valence-electron chi connectivity index (χ3n) is 6.16. The molecule has 2 aromatic rings. The van der Waals surface area contributed by atoms with Gasteiger partial charge in [0, 0.05) is 31.2 Å². The van der Waals surface area contributed by atoms with Crippen molar-refractivity contribution < 1.29 is 13.2 Å². The van der Waals surface area contributed by atoms with E-state index in [0.717, 1.165) is 35.3 Å². The molecule has 1 amide bonds. The minimum atomic E-state index is -3.55. The summed E-state index contributed by atoms with van der Waals surface area (Å²) in [5.74, 6) is 0.0162. The van der Waals surface area contributed by atoms with Gasteiger partial charge in [-0.1, -0.05) is 35.9 Å². The molecule has 5 nitrogen and oxygen atoms in total. The molecule has 29 heavy (non-hydrogen) atoms. The van der Waals surface area contributed by atoms with Gasteiger partial charge in [-0.3, -0.25) is 4.79 Å². The number of fused-ring (bicyclic) bond motifs is 1. The fraction of sp³-hybridized carbons (Fsp3) is 0.435. The van der Waals surface area contributed by atoms with Crippen molar-refractivity contribution in [3.8, 4) is 0 Å². The van der Waals surface area contributed by atoms with E-state index < -0.39 is 10.0 Å². The minimum absolute atomic E-state index is 0.118. The molecule has 2 heterocycles. The van der Waals surface area contributed by atoms with Crippen molar-refractivity contribution in [3.63, 3.8) is 0 Å². The van der Waals surface area contributed by atoms with Gasteiger partial charge in [0.15, 0.2) is 0 Å². The number of amides is 1. The van der Waals surface area contributed by atoms with E-state index in [2.05, 4.69) is 6.07 Å². The van der Waals surface area contributed by atoms with Crippen LogP contribution < -0.4 is 4.90 Å². The number of para-hydroxylation sites is 1. The van der Waals surface area contributed by atoms with E-state index in [1.165, 1.54) is 5.56 Å². The number of carbonyl (C=O) groups is 1. The average molecular weight is 413 g/mol. The lowest BCUT2D eigenvalue weighted by molar-refractivity contribution is -0.123. The third-order valence-corrected chi connectivity index (χ3v) is 8.36. The molecule has 0 radical (unpaired) electrons. The van der Waals surface area contributed by atoms with Crippen LogP contribution in [-0.2, 0) is 21.2 Å². The fourth-order valence-corrected chi connectivity index (χ4v) is 6.71. The number of hydrogen-bond acceptors (Lipinski definition) is 3. The molecular weight excluding hydrogens is 384 g/mol. The number of piperidine rings is 1. The monoisotopic (exact) mass is 412 g/mol. The summed E-state index contributed by atoms with van der Waals surface area (Å²) in [7, 11) is -3.55. The van der Waals surface area contributed by atoms with Gasteiger partial charge >= 0.3 is 0 Å². The van der Waals surface area contributed by atoms with Crippen LogP contribution in [0.1, 0.15) is 35.1 Å². The standard InChI is InChI=1S/C23H28N2O3S/c1-16-14-17(2)22(18(3)15-16)29(27,28)24-11-8-20(9-12-24)23(26)25-13-10-19-6-4-5-7-21(19)25/h4-7,14-15,20H,8-13H2,1-3H3. The van der Waals surface area contributed by atoms with E-state index in [9.17, 15) is 13.2 Å². The number of nitrogens with zero attached hydrogens (tertiary/aromatic N) is 2. The third kappa shape index (κ3) is 3.60. The largest absolute Gasteiger partial charge is 0.312 e. The Kier molecular flexibility index (Phi) is 5.25. The molecule has 2 aliphatic rings. The highest BCUT2D eigenvalue weighted by atomic mass is 32.2. The van der Waals surface area contributed by atoms with Crippen LogP contribution in [0, 0.1) is 26.7 Å². The number of aryl methyl sites for hydroxylation is 3. The minimum Gasteiger partial charge on any atom is -0.312 e. The van der Waals surface area contributed by atoms with Crippen LogP contribution in [0.2, 0.25) is 0 Å². The number of carbonyl (C=O) groups excluding carboxylic acids is 1. The lowest BCUT2D eigenvalue weighted by Gasteiger charge is -2.33. The number of rotatable bonds is 3. The Balaban J connectivity index is 1.48. The zero-order valence-electron chi connectivity index (χ0n) is 17.3. The van der Waals surface area contributed by atoms with Crippen LogP contribution in [0.3, 0.4) is 0 Å². The predicted octanol–water partition coefficient (Wildman–Crippen LogP) is 3.60. The normalized spacial score (nSPS) is 18.1. The van der Waals surface area contributed by atoms with E-state index in [1.807, 2.05) is 56.0 Å². The van der Waals surface area contributed by atoms with Crippen LogP contribution >= 0.6 is 0 Å². The van der Waals surface area contributed by atoms with Gasteiger partial charge in [-0.15, -0.1) is 0 Å². The van der Waals surface area contributed by atoms with Gasteiger partial charge in [0.25, 0.3) is 0 Å². The molecule has 0 unspecified atom stereocenters. The average Bonchev–Trinajstić information content (AvgIpc) is 3.10. The summed E-state index contributed by atoms with van der Waals surface area (Å²) in [4.78, 5) is 15.4. The summed E-state index contributed by atoms with van der Waals surface area (Å²) >= 11 is 0. The predicted molar refractivity (Wildman–Crippen MR) is 115 cm³/mol. The molecule has 4 rings (SSSR count). The zero-order valence-corrected chi connectivity index (χ0v) is 18.1. The first-order chi connectivity index (χ1) is 13.8. The Morgan fingerprint density at radius 2 is 1.59 bits per heavy atom. The van der Waals surface area contributed by atoms with Crippen molar-refractivity contribution in [1.29, 1.82) is 0 Å². The molecular formula is C23H28N2O3S. The molecule has 0 aromatic heterocycles. The summed E-state index contributed by atoms with van der Waals surface area (Å²) in [6, 6.07) is 11.9. The van der Waals surface area contributed by atoms with Crippen molar-refractivity contribution in [2.24, 2.45) is 5.92 Å². The Bertz CT molecular complexity index is 1030. The molecule has 0 N–H and O–H groups in total. The maximum Gasteiger partial charge on any atom is 0.243 e. The molecule has 0 spiro atoms. The van der Waals surface area contributed by atoms with Gasteiger partial charge in [-0.05, 0) is 62.8 Å². The summed E-state index contributed by atoms with van der Waals surface area (Å²) in [6.45, 7) is 7.19. The molecule has 0 aliphatic carbocycles. The number of hydrogen-bond donors (Lipinski definition) is 0. The SMILES string of the molecule is Cc1cc(C)c(S(=O)(=O)N2CCC(C(=O)N3CCc4ccccc43)CC2)c(C)c1. The number of sulfonamides is 1. The van der Waals surface area contributed by atoms with Gasteiger partial charge in [0.2, 0.25) is 15.9 Å². The van der Waals surface area contributed by atoms with E-state index in [1.54, 1.807) is 4.31 Å². The van der Waals surface area contributed by atoms with Crippen LogP contribution in [0.25, 0.3) is 0 Å². The molecule has 0 saturated carbocycles. The second kappa shape index (κ2) is 7.58. The Morgan fingerprint density at radius 1 is 0.966 bits per heavy atom. The van der Waals surface area contributed by atoms with E-state index in [4.69, 9.17) is 0 Å². The highest BCUT2D eigenvalue weighted by Gasteiger charge is 2.36. The highest BCUT2D eigenvalue weighted by molar-refractivity contribution is 7.89. The molecule has 1 fully saturated rings. The summed E-state index contributed by atoms with van der Waals surface area (Å²) in [5.41, 5.74) is 4.86. The Labute approximate surface area is 173 Å². The first kappa shape index (κ1) is 20.1. The van der Waals surface area contributed by atoms with Gasteiger partial charge in [-0.2, -0.15) is 4.31 Å². The number of benzene rings is 2. The van der Waals surface area contributed by atoms with Gasteiger partial charge in [-0.25, -0.2) is 8.42 Å². The molecule has 1 saturated heterocycles. The van der Waals surface area contributed by atoms with E-state index in [0.29, 0.717) is 30.8 Å². The summed E-state index contributed by atoms with van der Waals surface area (Å²) in [6.07, 6.45) is 2.03. The van der Waals surface area contributed by atoms with Crippen molar-refractivity contribution in [1.82, 2.24) is 4.31 Å². The summed E-state index contributed by atoms with van der Waals surface area (Å²) in [5, 5.41) is 0. The van der Waals surface area contributed by atoms with Gasteiger partial charge in [0.1, 0.15) is 0 Å². The van der Waals surface area contributed by atoms with Crippen molar-refractivity contribution in [2.45, 2.75) is 44.9 Å².